The molecule has 26 heavy (non-hydrogen) atoms. The van der Waals surface area contributed by atoms with Gasteiger partial charge in [-0.2, -0.15) is 0 Å². The van der Waals surface area contributed by atoms with Crippen molar-refractivity contribution in [2.75, 3.05) is 37.4 Å². The molecule has 1 heterocycles. The first-order chi connectivity index (χ1) is 12.4. The van der Waals surface area contributed by atoms with Crippen LogP contribution in [0.3, 0.4) is 0 Å². The van der Waals surface area contributed by atoms with Crippen molar-refractivity contribution in [2.24, 2.45) is 0 Å². The number of ether oxygens (including phenoxy) is 2. The minimum atomic E-state index is -3.71. The Hall–Kier alpha value is -2.32. The Bertz CT molecular complexity index is 836. The Morgan fingerprint density at radius 3 is 2.50 bits per heavy atom. The largest absolute Gasteiger partial charge is 0.496 e. The molecule has 0 aliphatic rings. The van der Waals surface area contributed by atoms with Gasteiger partial charge in [-0.05, 0) is 55.7 Å². The number of hydrogen-bond acceptors (Lipinski definition) is 6. The summed E-state index contributed by atoms with van der Waals surface area (Å²) in [6.45, 7) is 4.95. The molecule has 142 valence electrons. The maximum absolute atomic E-state index is 12.7. The van der Waals surface area contributed by atoms with Crippen LogP contribution in [0.2, 0.25) is 0 Å². The summed E-state index contributed by atoms with van der Waals surface area (Å²) < 4.78 is 38.2. The Morgan fingerprint density at radius 1 is 1.12 bits per heavy atom. The van der Waals surface area contributed by atoms with Gasteiger partial charge >= 0.3 is 0 Å². The maximum atomic E-state index is 12.7. The van der Waals surface area contributed by atoms with Crippen molar-refractivity contribution in [1.82, 2.24) is 4.98 Å². The molecule has 7 nitrogen and oxygen atoms in total. The third-order valence-electron chi connectivity index (χ3n) is 3.83. The third-order valence-corrected chi connectivity index (χ3v) is 5.35. The van der Waals surface area contributed by atoms with Gasteiger partial charge in [-0.3, -0.25) is 4.72 Å². The van der Waals surface area contributed by atoms with Gasteiger partial charge in [-0.1, -0.05) is 0 Å². The average molecular weight is 379 g/mol. The van der Waals surface area contributed by atoms with Crippen molar-refractivity contribution in [1.29, 1.82) is 0 Å². The zero-order valence-electron chi connectivity index (χ0n) is 15.5. The Kier molecular flexibility index (Phi) is 6.82. The SMILES string of the molecule is COCCCNc1ccc(NS(=O)(=O)c2cc(C)c(OC)cc2C)cn1. The summed E-state index contributed by atoms with van der Waals surface area (Å²) in [5.74, 6) is 1.34. The lowest BCUT2D eigenvalue weighted by molar-refractivity contribution is 0.198. The number of nitrogens with zero attached hydrogens (tertiary/aromatic N) is 1. The molecule has 2 rings (SSSR count). The monoisotopic (exact) mass is 379 g/mol. The minimum absolute atomic E-state index is 0.220. The van der Waals surface area contributed by atoms with Gasteiger partial charge in [0.2, 0.25) is 0 Å². The van der Waals surface area contributed by atoms with Crippen LogP contribution < -0.4 is 14.8 Å². The Balaban J connectivity index is 2.11. The number of benzene rings is 1. The number of methoxy groups -OCH3 is 2. The van der Waals surface area contributed by atoms with Crippen LogP contribution in [0.1, 0.15) is 17.5 Å². The molecule has 2 aromatic rings. The second-order valence-corrected chi connectivity index (χ2v) is 7.55. The predicted octanol–water partition coefficient (Wildman–Crippen LogP) is 2.96. The van der Waals surface area contributed by atoms with Gasteiger partial charge in [0.25, 0.3) is 10.0 Å². The second-order valence-electron chi connectivity index (χ2n) is 5.90. The highest BCUT2D eigenvalue weighted by atomic mass is 32.2. The summed E-state index contributed by atoms with van der Waals surface area (Å²) in [4.78, 5) is 4.44. The van der Waals surface area contributed by atoms with E-state index in [1.165, 1.54) is 6.20 Å². The highest BCUT2D eigenvalue weighted by Gasteiger charge is 2.19. The highest BCUT2D eigenvalue weighted by Crippen LogP contribution is 2.27. The predicted molar refractivity (Wildman–Crippen MR) is 102 cm³/mol. The fourth-order valence-corrected chi connectivity index (χ4v) is 3.83. The van der Waals surface area contributed by atoms with E-state index in [2.05, 4.69) is 15.0 Å². The van der Waals surface area contributed by atoms with Crippen LogP contribution in [-0.2, 0) is 14.8 Å². The van der Waals surface area contributed by atoms with Crippen LogP contribution in [0.5, 0.6) is 5.75 Å². The molecule has 1 aromatic carbocycles. The van der Waals surface area contributed by atoms with E-state index in [4.69, 9.17) is 9.47 Å². The summed E-state index contributed by atoms with van der Waals surface area (Å²) in [5, 5.41) is 3.15. The van der Waals surface area contributed by atoms with Crippen LogP contribution in [0.25, 0.3) is 0 Å². The summed E-state index contributed by atoms with van der Waals surface area (Å²) in [7, 11) is -0.493. The van der Waals surface area contributed by atoms with Gasteiger partial charge in [0.05, 0.1) is 23.9 Å². The van der Waals surface area contributed by atoms with Crippen molar-refractivity contribution < 1.29 is 17.9 Å². The molecule has 0 saturated heterocycles. The first-order valence-corrected chi connectivity index (χ1v) is 9.72. The van der Waals surface area contributed by atoms with Crippen LogP contribution in [-0.4, -0.2) is 40.8 Å². The maximum Gasteiger partial charge on any atom is 0.262 e. The van der Waals surface area contributed by atoms with Gasteiger partial charge < -0.3 is 14.8 Å². The number of pyridine rings is 1. The fourth-order valence-electron chi connectivity index (χ4n) is 2.47. The van der Waals surface area contributed by atoms with Gasteiger partial charge in [0.15, 0.2) is 0 Å². The molecule has 0 radical (unpaired) electrons. The second kappa shape index (κ2) is 8.86. The number of aryl methyl sites for hydroxylation is 2. The molecule has 0 unspecified atom stereocenters. The van der Waals surface area contributed by atoms with E-state index in [9.17, 15) is 8.42 Å². The van der Waals surface area contributed by atoms with Gasteiger partial charge in [0, 0.05) is 20.3 Å². The highest BCUT2D eigenvalue weighted by molar-refractivity contribution is 7.92. The number of sulfonamides is 1. The lowest BCUT2D eigenvalue weighted by Gasteiger charge is -2.13. The quantitative estimate of drug-likeness (QED) is 0.651. The molecule has 2 N–H and O–H groups in total. The number of aromatic nitrogens is 1. The summed E-state index contributed by atoms with van der Waals surface area (Å²) in [6.07, 6.45) is 2.35. The van der Waals surface area contributed by atoms with Crippen molar-refractivity contribution in [3.05, 3.63) is 41.6 Å². The van der Waals surface area contributed by atoms with Crippen LogP contribution in [0.15, 0.2) is 35.4 Å². The van der Waals surface area contributed by atoms with Crippen LogP contribution in [0, 0.1) is 13.8 Å². The van der Waals surface area contributed by atoms with Crippen molar-refractivity contribution >= 4 is 21.5 Å². The van der Waals surface area contributed by atoms with E-state index in [0.717, 1.165) is 18.5 Å². The van der Waals surface area contributed by atoms with E-state index < -0.39 is 10.0 Å². The van der Waals surface area contributed by atoms with E-state index >= 15 is 0 Å². The molecule has 0 fully saturated rings. The van der Waals surface area contributed by atoms with Gasteiger partial charge in [-0.15, -0.1) is 0 Å². The molecule has 0 amide bonds. The molecular formula is C18H25N3O4S. The molecule has 0 atom stereocenters. The lowest BCUT2D eigenvalue weighted by Crippen LogP contribution is -2.15. The molecule has 0 spiro atoms. The molecule has 1 aromatic heterocycles. The van der Waals surface area contributed by atoms with E-state index in [-0.39, 0.29) is 4.90 Å². The molecule has 8 heteroatoms. The van der Waals surface area contributed by atoms with Crippen LogP contribution >= 0.6 is 0 Å². The zero-order chi connectivity index (χ0) is 19.2. The average Bonchev–Trinajstić information content (AvgIpc) is 2.61. The fraction of sp³-hybridized carbons (Fsp3) is 0.389. The van der Waals surface area contributed by atoms with E-state index in [1.54, 1.807) is 45.4 Å². The molecule has 0 aliphatic carbocycles. The topological polar surface area (TPSA) is 89.6 Å². The summed E-state index contributed by atoms with van der Waals surface area (Å²) in [6, 6.07) is 6.73. The normalized spacial score (nSPS) is 11.2. The number of rotatable bonds is 9. The van der Waals surface area contributed by atoms with Crippen molar-refractivity contribution in [2.45, 2.75) is 25.2 Å². The first kappa shape index (κ1) is 20.0. The number of nitrogens with one attached hydrogen (secondary N) is 2. The van der Waals surface area contributed by atoms with E-state index in [1.807, 2.05) is 6.92 Å². The van der Waals surface area contributed by atoms with Gasteiger partial charge in [-0.25, -0.2) is 13.4 Å². The van der Waals surface area contributed by atoms with Gasteiger partial charge in [0.1, 0.15) is 11.6 Å². The van der Waals surface area contributed by atoms with Crippen molar-refractivity contribution in [3.8, 4) is 5.75 Å². The third kappa shape index (κ3) is 5.09. The molecule has 0 bridgehead atoms. The summed E-state index contributed by atoms with van der Waals surface area (Å²) in [5.41, 5.74) is 1.77. The van der Waals surface area contributed by atoms with Crippen molar-refractivity contribution in [3.63, 3.8) is 0 Å². The number of anilines is 2. The minimum Gasteiger partial charge on any atom is -0.496 e. The molecular weight excluding hydrogens is 354 g/mol. The molecule has 0 saturated carbocycles. The Morgan fingerprint density at radius 2 is 1.88 bits per heavy atom. The molecule has 0 aliphatic heterocycles. The summed E-state index contributed by atoms with van der Waals surface area (Å²) >= 11 is 0. The number of hydrogen-bond donors (Lipinski definition) is 2. The Labute approximate surface area is 154 Å². The standard InChI is InChI=1S/C18H25N3O4S/c1-13-11-17(14(2)10-16(13)25-4)26(22,23)21-15-6-7-18(20-12-15)19-8-5-9-24-3/h6-7,10-12,21H,5,8-9H2,1-4H3,(H,19,20). The smallest absolute Gasteiger partial charge is 0.262 e. The van der Waals surface area contributed by atoms with E-state index in [0.29, 0.717) is 29.4 Å². The lowest BCUT2D eigenvalue weighted by atomic mass is 10.1. The first-order valence-electron chi connectivity index (χ1n) is 8.24. The van der Waals surface area contributed by atoms with Crippen LogP contribution in [0.4, 0.5) is 11.5 Å². The zero-order valence-corrected chi connectivity index (χ0v) is 16.3.